The Kier molecular flexibility index (Phi) is 48.9. The first-order chi connectivity index (χ1) is 31.0. The van der Waals surface area contributed by atoms with Crippen LogP contribution in [0.4, 0.5) is 0 Å². The molecule has 362 valence electrons. The van der Waals surface area contributed by atoms with E-state index in [-0.39, 0.29) is 31.1 Å². The van der Waals surface area contributed by atoms with E-state index in [2.05, 4.69) is 93.7 Å². The van der Waals surface area contributed by atoms with Crippen molar-refractivity contribution < 1.29 is 28.6 Å². The van der Waals surface area contributed by atoms with Crippen molar-refractivity contribution in [2.75, 3.05) is 13.2 Å². The van der Waals surface area contributed by atoms with Gasteiger partial charge in [0.15, 0.2) is 6.10 Å². The number of unbranched alkanes of at least 4 members (excludes halogenated alkanes) is 24. The molecular formula is C57H98O6. The Bertz CT molecular complexity index is 1190. The van der Waals surface area contributed by atoms with Crippen molar-refractivity contribution in [2.45, 2.75) is 258 Å². The van der Waals surface area contributed by atoms with Crippen LogP contribution in [0.25, 0.3) is 0 Å². The minimum Gasteiger partial charge on any atom is -0.462 e. The molecule has 0 aliphatic rings. The number of hydrogen-bond acceptors (Lipinski definition) is 6. The predicted octanol–water partition coefficient (Wildman–Crippen LogP) is 17.4. The van der Waals surface area contributed by atoms with E-state index in [1.165, 1.54) is 109 Å². The molecule has 0 bridgehead atoms. The summed E-state index contributed by atoms with van der Waals surface area (Å²) in [6, 6.07) is 0. The second-order valence-corrected chi connectivity index (χ2v) is 17.4. The minimum atomic E-state index is -0.791. The molecule has 0 saturated heterocycles. The van der Waals surface area contributed by atoms with Crippen LogP contribution in [0.2, 0.25) is 0 Å². The van der Waals surface area contributed by atoms with E-state index in [0.29, 0.717) is 19.3 Å². The fraction of sp³-hybridized carbons (Fsp3) is 0.737. The summed E-state index contributed by atoms with van der Waals surface area (Å²) >= 11 is 0. The lowest BCUT2D eigenvalue weighted by Crippen LogP contribution is -2.30. The second kappa shape index (κ2) is 51.5. The number of ether oxygens (including phenoxy) is 3. The maximum atomic E-state index is 12.8. The average molecular weight is 879 g/mol. The molecule has 0 spiro atoms. The molecule has 6 heteroatoms. The maximum absolute atomic E-state index is 12.8. The highest BCUT2D eigenvalue weighted by atomic mass is 16.6. The molecule has 0 fully saturated rings. The number of hydrogen-bond donors (Lipinski definition) is 0. The fourth-order valence-electron chi connectivity index (χ4n) is 7.11. The van der Waals surface area contributed by atoms with Gasteiger partial charge in [0, 0.05) is 19.3 Å². The lowest BCUT2D eigenvalue weighted by molar-refractivity contribution is -0.167. The largest absolute Gasteiger partial charge is 0.462 e. The summed E-state index contributed by atoms with van der Waals surface area (Å²) in [5.41, 5.74) is 0. The lowest BCUT2D eigenvalue weighted by Gasteiger charge is -2.18. The average Bonchev–Trinajstić information content (AvgIpc) is 3.28. The molecule has 6 nitrogen and oxygen atoms in total. The van der Waals surface area contributed by atoms with Gasteiger partial charge in [0.1, 0.15) is 13.2 Å². The van der Waals surface area contributed by atoms with Gasteiger partial charge in [0.05, 0.1) is 0 Å². The van der Waals surface area contributed by atoms with Gasteiger partial charge >= 0.3 is 17.9 Å². The van der Waals surface area contributed by atoms with Crippen LogP contribution in [0.5, 0.6) is 0 Å². The van der Waals surface area contributed by atoms with Crippen LogP contribution in [-0.4, -0.2) is 37.2 Å². The highest BCUT2D eigenvalue weighted by Gasteiger charge is 2.19. The molecule has 0 unspecified atom stereocenters. The Labute approximate surface area is 389 Å². The normalized spacial score (nSPS) is 12.6. The third-order valence-electron chi connectivity index (χ3n) is 11.2. The molecule has 0 aromatic carbocycles. The molecule has 0 amide bonds. The monoisotopic (exact) mass is 879 g/mol. The molecule has 1 atom stereocenters. The number of carbonyl (C=O) groups excluding carboxylic acids is 3. The summed E-state index contributed by atoms with van der Waals surface area (Å²) in [6.07, 6.45) is 64.5. The number of esters is 3. The third-order valence-corrected chi connectivity index (χ3v) is 11.2. The van der Waals surface area contributed by atoms with Gasteiger partial charge in [0.25, 0.3) is 0 Å². The van der Waals surface area contributed by atoms with Crippen molar-refractivity contribution in [3.63, 3.8) is 0 Å². The highest BCUT2D eigenvalue weighted by Crippen LogP contribution is 2.14. The molecular weight excluding hydrogens is 781 g/mol. The van der Waals surface area contributed by atoms with E-state index in [0.717, 1.165) is 103 Å². The lowest BCUT2D eigenvalue weighted by atomic mass is 10.1. The summed E-state index contributed by atoms with van der Waals surface area (Å²) in [5, 5.41) is 0. The van der Waals surface area contributed by atoms with Crippen molar-refractivity contribution in [3.05, 3.63) is 72.9 Å². The fourth-order valence-corrected chi connectivity index (χ4v) is 7.11. The van der Waals surface area contributed by atoms with E-state index in [4.69, 9.17) is 14.2 Å². The summed E-state index contributed by atoms with van der Waals surface area (Å²) in [6.45, 7) is 6.51. The van der Waals surface area contributed by atoms with Crippen LogP contribution >= 0.6 is 0 Å². The molecule has 0 aromatic heterocycles. The summed E-state index contributed by atoms with van der Waals surface area (Å²) in [5.74, 6) is -0.928. The molecule has 63 heavy (non-hydrogen) atoms. The summed E-state index contributed by atoms with van der Waals surface area (Å²) < 4.78 is 16.8. The molecule has 0 radical (unpaired) electrons. The standard InChI is InChI=1S/C57H98O6/c1-4-7-10-13-16-19-22-24-26-28-30-32-35-38-41-44-47-50-56(59)62-53-54(52-61-55(58)49-46-43-40-37-34-21-18-15-12-9-6-3)63-57(60)51-48-45-42-39-36-33-31-29-27-25-23-20-17-14-11-8-5-2/h15-20,24-27,30,32,54H,4-14,21-23,28-29,31,33-53H2,1-3H3/b18-15-,19-16-,20-17-,26-24-,27-25-,32-30-/t54-/m1/s1. The predicted molar refractivity (Wildman–Crippen MR) is 270 cm³/mol. The van der Waals surface area contributed by atoms with Gasteiger partial charge in [-0.1, -0.05) is 196 Å². The van der Waals surface area contributed by atoms with Crippen molar-refractivity contribution in [1.82, 2.24) is 0 Å². The zero-order valence-corrected chi connectivity index (χ0v) is 41.3. The molecule has 0 heterocycles. The highest BCUT2D eigenvalue weighted by molar-refractivity contribution is 5.71. The first kappa shape index (κ1) is 59.9. The van der Waals surface area contributed by atoms with Gasteiger partial charge in [-0.3, -0.25) is 14.4 Å². The quantitative estimate of drug-likeness (QED) is 0.0262. The maximum Gasteiger partial charge on any atom is 0.306 e. The minimum absolute atomic E-state index is 0.0906. The zero-order valence-electron chi connectivity index (χ0n) is 41.3. The van der Waals surface area contributed by atoms with Crippen LogP contribution in [0.1, 0.15) is 252 Å². The summed E-state index contributed by atoms with van der Waals surface area (Å²) in [7, 11) is 0. The second-order valence-electron chi connectivity index (χ2n) is 17.4. The first-order valence-corrected chi connectivity index (χ1v) is 26.4. The van der Waals surface area contributed by atoms with Crippen molar-refractivity contribution in [1.29, 1.82) is 0 Å². The SMILES string of the molecule is CCCC/C=C\CCCCCCCC(=O)OC[C@H](COC(=O)CCCCCC/C=C\C/C=C\C/C=C\CCCCC)OC(=O)CCCCCCCCC/C=C\C/C=C\CCCCC. The molecule has 0 N–H and O–H groups in total. The topological polar surface area (TPSA) is 78.9 Å². The molecule has 0 rings (SSSR count). The van der Waals surface area contributed by atoms with Gasteiger partial charge in [-0.05, 0) is 109 Å². The van der Waals surface area contributed by atoms with E-state index in [1.54, 1.807) is 0 Å². The van der Waals surface area contributed by atoms with E-state index in [9.17, 15) is 14.4 Å². The number of allylic oxidation sites excluding steroid dienone is 12. The zero-order chi connectivity index (χ0) is 45.8. The Hall–Kier alpha value is -3.15. The molecule has 0 saturated carbocycles. The van der Waals surface area contributed by atoms with Crippen LogP contribution in [0.3, 0.4) is 0 Å². The van der Waals surface area contributed by atoms with Gasteiger partial charge < -0.3 is 14.2 Å². The third kappa shape index (κ3) is 49.7. The van der Waals surface area contributed by atoms with Crippen LogP contribution in [-0.2, 0) is 28.6 Å². The number of rotatable bonds is 47. The Balaban J connectivity index is 4.42. The smallest absolute Gasteiger partial charge is 0.306 e. The molecule has 0 aromatic rings. The van der Waals surface area contributed by atoms with E-state index < -0.39 is 6.10 Å². The van der Waals surface area contributed by atoms with Crippen LogP contribution < -0.4 is 0 Å². The Morgan fingerprint density at radius 3 is 0.952 bits per heavy atom. The van der Waals surface area contributed by atoms with E-state index >= 15 is 0 Å². The Morgan fingerprint density at radius 1 is 0.317 bits per heavy atom. The van der Waals surface area contributed by atoms with Crippen molar-refractivity contribution in [3.8, 4) is 0 Å². The van der Waals surface area contributed by atoms with Crippen LogP contribution in [0.15, 0.2) is 72.9 Å². The van der Waals surface area contributed by atoms with Crippen LogP contribution in [0, 0.1) is 0 Å². The van der Waals surface area contributed by atoms with Crippen molar-refractivity contribution >= 4 is 17.9 Å². The summed E-state index contributed by atoms with van der Waals surface area (Å²) in [4.78, 5) is 38.0. The van der Waals surface area contributed by atoms with Gasteiger partial charge in [-0.2, -0.15) is 0 Å². The Morgan fingerprint density at radius 2 is 0.587 bits per heavy atom. The molecule has 0 aliphatic heterocycles. The number of carbonyl (C=O) groups is 3. The van der Waals surface area contributed by atoms with Gasteiger partial charge in [0.2, 0.25) is 0 Å². The van der Waals surface area contributed by atoms with E-state index in [1.807, 2.05) is 0 Å². The van der Waals surface area contributed by atoms with Crippen molar-refractivity contribution in [2.24, 2.45) is 0 Å². The first-order valence-electron chi connectivity index (χ1n) is 26.4. The van der Waals surface area contributed by atoms with Gasteiger partial charge in [-0.15, -0.1) is 0 Å². The molecule has 0 aliphatic carbocycles. The van der Waals surface area contributed by atoms with Gasteiger partial charge in [-0.25, -0.2) is 0 Å².